The lowest BCUT2D eigenvalue weighted by atomic mass is 10.1. The zero-order valence-electron chi connectivity index (χ0n) is 15.4. The van der Waals surface area contributed by atoms with Crippen molar-refractivity contribution in [3.8, 4) is 0 Å². The molecule has 1 heterocycles. The second kappa shape index (κ2) is 9.01. The Kier molecular flexibility index (Phi) is 6.74. The molecule has 0 spiro atoms. The minimum atomic E-state index is -0.309. The first-order chi connectivity index (χ1) is 12.0. The normalized spacial score (nSPS) is 10.8. The molecule has 0 atom stereocenters. The number of aromatic nitrogens is 2. The number of urea groups is 1. The van der Waals surface area contributed by atoms with Gasteiger partial charge in [0.2, 0.25) is 0 Å². The van der Waals surface area contributed by atoms with Crippen LogP contribution in [-0.4, -0.2) is 29.1 Å². The van der Waals surface area contributed by atoms with E-state index < -0.39 is 0 Å². The molecule has 2 aromatic rings. The summed E-state index contributed by atoms with van der Waals surface area (Å²) in [6.07, 6.45) is 4.54. The fourth-order valence-electron chi connectivity index (χ4n) is 2.66. The first-order valence-electron chi connectivity index (χ1n) is 8.62. The number of benzene rings is 1. The summed E-state index contributed by atoms with van der Waals surface area (Å²) in [7, 11) is 0. The topological polar surface area (TPSA) is 70.2 Å². The van der Waals surface area contributed by atoms with Gasteiger partial charge in [-0.2, -0.15) is 0 Å². The molecule has 0 fully saturated rings. The Morgan fingerprint density at radius 2 is 1.60 bits per heavy atom. The number of nitrogens with zero attached hydrogens (tertiary/aromatic N) is 3. The zero-order valence-corrected chi connectivity index (χ0v) is 15.4. The summed E-state index contributed by atoms with van der Waals surface area (Å²) in [5, 5.41) is 5.68. The van der Waals surface area contributed by atoms with Gasteiger partial charge >= 0.3 is 6.03 Å². The molecule has 0 saturated heterocycles. The SMILES string of the molecule is CC(C)CN(CC(C)C)c1ccccc1NC(=O)Nc1cncnc1. The van der Waals surface area contributed by atoms with Crippen LogP contribution in [0.1, 0.15) is 27.7 Å². The van der Waals surface area contributed by atoms with Crippen molar-refractivity contribution < 1.29 is 4.79 Å². The number of anilines is 3. The van der Waals surface area contributed by atoms with Gasteiger partial charge in [0.25, 0.3) is 0 Å². The average molecular weight is 341 g/mol. The lowest BCUT2D eigenvalue weighted by molar-refractivity contribution is 0.262. The molecule has 1 aromatic carbocycles. The third kappa shape index (κ3) is 6.06. The van der Waals surface area contributed by atoms with Gasteiger partial charge in [0.1, 0.15) is 6.33 Å². The molecule has 2 rings (SSSR count). The van der Waals surface area contributed by atoms with Gasteiger partial charge in [-0.05, 0) is 24.0 Å². The fraction of sp³-hybridized carbons (Fsp3) is 0.421. The summed E-state index contributed by atoms with van der Waals surface area (Å²) in [6.45, 7) is 10.7. The molecule has 0 aliphatic carbocycles. The molecule has 134 valence electrons. The number of nitrogens with one attached hydrogen (secondary N) is 2. The minimum absolute atomic E-state index is 0.309. The molecule has 1 aromatic heterocycles. The van der Waals surface area contributed by atoms with Crippen LogP contribution in [-0.2, 0) is 0 Å². The predicted molar refractivity (Wildman–Crippen MR) is 103 cm³/mol. The first kappa shape index (κ1) is 18.7. The van der Waals surface area contributed by atoms with E-state index in [2.05, 4.69) is 53.2 Å². The van der Waals surface area contributed by atoms with E-state index in [1.54, 1.807) is 12.4 Å². The van der Waals surface area contributed by atoms with Crippen molar-refractivity contribution in [2.45, 2.75) is 27.7 Å². The van der Waals surface area contributed by atoms with Gasteiger partial charge < -0.3 is 15.5 Å². The molecule has 2 amide bonds. The summed E-state index contributed by atoms with van der Waals surface area (Å²) in [4.78, 5) is 22.4. The highest BCUT2D eigenvalue weighted by molar-refractivity contribution is 6.01. The Bertz CT molecular complexity index is 663. The van der Waals surface area contributed by atoms with Gasteiger partial charge in [0.15, 0.2) is 0 Å². The van der Waals surface area contributed by atoms with Crippen molar-refractivity contribution in [3.05, 3.63) is 43.0 Å². The molecule has 6 nitrogen and oxygen atoms in total. The number of rotatable bonds is 7. The summed E-state index contributed by atoms with van der Waals surface area (Å²) in [5.41, 5.74) is 2.38. The second-order valence-electron chi connectivity index (χ2n) is 6.92. The molecular weight excluding hydrogens is 314 g/mol. The van der Waals surface area contributed by atoms with Gasteiger partial charge in [-0.25, -0.2) is 14.8 Å². The van der Waals surface area contributed by atoms with Gasteiger partial charge in [-0.3, -0.25) is 0 Å². The number of amides is 2. The molecule has 6 heteroatoms. The van der Waals surface area contributed by atoms with E-state index >= 15 is 0 Å². The Balaban J connectivity index is 2.16. The molecule has 0 aliphatic rings. The number of carbonyl (C=O) groups is 1. The Labute approximate surface area is 149 Å². The number of para-hydroxylation sites is 2. The second-order valence-corrected chi connectivity index (χ2v) is 6.92. The summed E-state index contributed by atoms with van der Waals surface area (Å²) in [5.74, 6) is 1.06. The number of hydrogen-bond donors (Lipinski definition) is 2. The fourth-order valence-corrected chi connectivity index (χ4v) is 2.66. The van der Waals surface area contributed by atoms with E-state index in [1.807, 2.05) is 24.3 Å². The van der Waals surface area contributed by atoms with Crippen LogP contribution in [0.2, 0.25) is 0 Å². The molecule has 0 radical (unpaired) electrons. The monoisotopic (exact) mass is 341 g/mol. The highest BCUT2D eigenvalue weighted by atomic mass is 16.2. The largest absolute Gasteiger partial charge is 0.369 e. The maximum Gasteiger partial charge on any atom is 0.323 e. The Hall–Kier alpha value is -2.63. The smallest absolute Gasteiger partial charge is 0.323 e. The lowest BCUT2D eigenvalue weighted by Gasteiger charge is -2.30. The molecule has 0 bridgehead atoms. The van der Waals surface area contributed by atoms with E-state index in [9.17, 15) is 4.79 Å². The standard InChI is InChI=1S/C19H27N5O/c1-14(2)11-24(12-15(3)4)18-8-6-5-7-17(18)23-19(25)22-16-9-20-13-21-10-16/h5-10,13-15H,11-12H2,1-4H3,(H2,22,23,25). The predicted octanol–water partition coefficient (Wildman–Crippen LogP) is 4.24. The Morgan fingerprint density at radius 3 is 2.20 bits per heavy atom. The van der Waals surface area contributed by atoms with Crippen molar-refractivity contribution in [1.82, 2.24) is 9.97 Å². The average Bonchev–Trinajstić information content (AvgIpc) is 2.54. The molecule has 0 unspecified atom stereocenters. The van der Waals surface area contributed by atoms with Crippen molar-refractivity contribution >= 4 is 23.1 Å². The summed E-state index contributed by atoms with van der Waals surface area (Å²) in [6, 6.07) is 7.58. The molecule has 25 heavy (non-hydrogen) atoms. The van der Waals surface area contributed by atoms with Crippen LogP contribution >= 0.6 is 0 Å². The summed E-state index contributed by atoms with van der Waals surface area (Å²) >= 11 is 0. The van der Waals surface area contributed by atoms with Gasteiger partial charge in [0.05, 0.1) is 29.5 Å². The van der Waals surface area contributed by atoms with Crippen molar-refractivity contribution in [2.24, 2.45) is 11.8 Å². The summed E-state index contributed by atoms with van der Waals surface area (Å²) < 4.78 is 0. The highest BCUT2D eigenvalue weighted by Gasteiger charge is 2.15. The third-order valence-corrected chi connectivity index (χ3v) is 3.48. The van der Waals surface area contributed by atoms with E-state index in [0.717, 1.165) is 24.5 Å². The van der Waals surface area contributed by atoms with Gasteiger partial charge in [-0.15, -0.1) is 0 Å². The van der Waals surface area contributed by atoms with E-state index in [-0.39, 0.29) is 6.03 Å². The lowest BCUT2D eigenvalue weighted by Crippen LogP contribution is -2.32. The van der Waals surface area contributed by atoms with E-state index in [0.29, 0.717) is 17.5 Å². The van der Waals surface area contributed by atoms with Crippen LogP contribution in [0, 0.1) is 11.8 Å². The van der Waals surface area contributed by atoms with Gasteiger partial charge in [-0.1, -0.05) is 39.8 Å². The first-order valence-corrected chi connectivity index (χ1v) is 8.62. The molecule has 2 N–H and O–H groups in total. The number of hydrogen-bond acceptors (Lipinski definition) is 4. The maximum absolute atomic E-state index is 12.3. The van der Waals surface area contributed by atoms with Crippen LogP contribution in [0.15, 0.2) is 43.0 Å². The third-order valence-electron chi connectivity index (χ3n) is 3.48. The van der Waals surface area contributed by atoms with Crippen LogP contribution in [0.3, 0.4) is 0 Å². The van der Waals surface area contributed by atoms with Crippen LogP contribution in [0.25, 0.3) is 0 Å². The van der Waals surface area contributed by atoms with Crippen molar-refractivity contribution in [1.29, 1.82) is 0 Å². The van der Waals surface area contributed by atoms with Gasteiger partial charge in [0, 0.05) is 13.1 Å². The molecule has 0 saturated carbocycles. The van der Waals surface area contributed by atoms with E-state index in [4.69, 9.17) is 0 Å². The van der Waals surface area contributed by atoms with Crippen LogP contribution in [0.5, 0.6) is 0 Å². The highest BCUT2D eigenvalue weighted by Crippen LogP contribution is 2.27. The number of carbonyl (C=O) groups excluding carboxylic acids is 1. The van der Waals surface area contributed by atoms with Crippen molar-refractivity contribution in [2.75, 3.05) is 28.6 Å². The Morgan fingerprint density at radius 1 is 1.00 bits per heavy atom. The molecule has 0 aliphatic heterocycles. The quantitative estimate of drug-likeness (QED) is 0.790. The van der Waals surface area contributed by atoms with Crippen LogP contribution in [0.4, 0.5) is 21.9 Å². The molecular formula is C19H27N5O. The zero-order chi connectivity index (χ0) is 18.2. The maximum atomic E-state index is 12.3. The van der Waals surface area contributed by atoms with Crippen molar-refractivity contribution in [3.63, 3.8) is 0 Å². The van der Waals surface area contributed by atoms with Crippen LogP contribution < -0.4 is 15.5 Å². The van der Waals surface area contributed by atoms with E-state index in [1.165, 1.54) is 6.33 Å². The minimum Gasteiger partial charge on any atom is -0.369 e.